The number of nitrogens with zero attached hydrogens (tertiary/aromatic N) is 2. The summed E-state index contributed by atoms with van der Waals surface area (Å²) in [4.78, 5) is 37.3. The van der Waals surface area contributed by atoms with E-state index in [2.05, 4.69) is 5.32 Å². The van der Waals surface area contributed by atoms with E-state index in [0.29, 0.717) is 29.4 Å². The van der Waals surface area contributed by atoms with Gasteiger partial charge in [-0.3, -0.25) is 29.9 Å². The Balaban J connectivity index is 1.48. The summed E-state index contributed by atoms with van der Waals surface area (Å²) in [5, 5.41) is 13.3. The van der Waals surface area contributed by atoms with Crippen LogP contribution in [0.4, 0.5) is 11.4 Å². The van der Waals surface area contributed by atoms with Gasteiger partial charge in [-0.15, -0.1) is 0 Å². The predicted octanol–water partition coefficient (Wildman–Crippen LogP) is 4.40. The highest BCUT2D eigenvalue weighted by Crippen LogP contribution is 2.26. The van der Waals surface area contributed by atoms with Crippen molar-refractivity contribution in [2.45, 2.75) is 13.5 Å². The van der Waals surface area contributed by atoms with Crippen LogP contribution in [0.1, 0.15) is 18.1 Å². The highest BCUT2D eigenvalue weighted by atomic mass is 32.1. The first-order valence-corrected chi connectivity index (χ1v) is 11.4. The van der Waals surface area contributed by atoms with Gasteiger partial charge in [0.2, 0.25) is 0 Å². The summed E-state index contributed by atoms with van der Waals surface area (Å²) < 4.78 is 11.2. The Kier molecular flexibility index (Phi) is 7.36. The molecule has 3 aromatic carbocycles. The molecule has 9 nitrogen and oxygen atoms in total. The monoisotopic (exact) mass is 503 g/mol. The maximum atomic E-state index is 13.2. The van der Waals surface area contributed by atoms with Crippen LogP contribution < -0.4 is 19.7 Å². The summed E-state index contributed by atoms with van der Waals surface area (Å²) in [5.41, 5.74) is 1.83. The van der Waals surface area contributed by atoms with Gasteiger partial charge in [-0.2, -0.15) is 0 Å². The molecule has 4 rings (SSSR count). The first-order chi connectivity index (χ1) is 17.4. The number of nitro benzene ring substituents is 1. The average Bonchev–Trinajstić information content (AvgIpc) is 2.86. The zero-order valence-electron chi connectivity index (χ0n) is 19.2. The van der Waals surface area contributed by atoms with Crippen molar-refractivity contribution in [1.82, 2.24) is 5.32 Å². The van der Waals surface area contributed by atoms with E-state index in [9.17, 15) is 19.7 Å². The van der Waals surface area contributed by atoms with Crippen molar-refractivity contribution in [3.05, 3.63) is 99.6 Å². The van der Waals surface area contributed by atoms with Crippen LogP contribution in [0.3, 0.4) is 0 Å². The third-order valence-corrected chi connectivity index (χ3v) is 5.52. The topological polar surface area (TPSA) is 111 Å². The lowest BCUT2D eigenvalue weighted by atomic mass is 10.1. The van der Waals surface area contributed by atoms with Gasteiger partial charge in [-0.05, 0) is 72.7 Å². The Morgan fingerprint density at radius 2 is 1.72 bits per heavy atom. The van der Waals surface area contributed by atoms with Gasteiger partial charge in [0, 0.05) is 18.2 Å². The molecule has 0 radical (unpaired) electrons. The molecule has 0 aliphatic carbocycles. The molecule has 0 saturated carbocycles. The van der Waals surface area contributed by atoms with Gasteiger partial charge >= 0.3 is 0 Å². The maximum Gasteiger partial charge on any atom is 0.270 e. The fourth-order valence-corrected chi connectivity index (χ4v) is 3.76. The van der Waals surface area contributed by atoms with E-state index < -0.39 is 16.7 Å². The smallest absolute Gasteiger partial charge is 0.270 e. The van der Waals surface area contributed by atoms with E-state index in [1.165, 1.54) is 23.1 Å². The third kappa shape index (κ3) is 5.56. The molecule has 1 N–H and O–H groups in total. The van der Waals surface area contributed by atoms with Crippen molar-refractivity contribution in [3.63, 3.8) is 0 Å². The molecule has 0 aromatic heterocycles. The maximum absolute atomic E-state index is 13.2. The van der Waals surface area contributed by atoms with Gasteiger partial charge in [-0.1, -0.05) is 18.2 Å². The number of nitro groups is 1. The highest BCUT2D eigenvalue weighted by molar-refractivity contribution is 7.80. The first-order valence-electron chi connectivity index (χ1n) is 11.0. The molecule has 1 fully saturated rings. The standard InChI is InChI=1S/C26H21N3O6S/c1-2-34-22-5-3-4-20(15-22)28-25(31)23(24(30)27-26(28)36)14-17-8-12-21(13-9-17)35-16-18-6-10-19(11-7-18)29(32)33/h3-15H,2,16H2,1H3,(H,27,30,36)/b23-14+. The zero-order chi connectivity index (χ0) is 25.7. The summed E-state index contributed by atoms with van der Waals surface area (Å²) in [7, 11) is 0. The Labute approximate surface area is 212 Å². The van der Waals surface area contributed by atoms with Gasteiger partial charge in [0.15, 0.2) is 5.11 Å². The number of carbonyl (C=O) groups excluding carboxylic acids is 2. The fourth-order valence-electron chi connectivity index (χ4n) is 3.48. The molecule has 0 spiro atoms. The summed E-state index contributed by atoms with van der Waals surface area (Å²) in [6, 6.07) is 19.8. The van der Waals surface area contributed by atoms with Gasteiger partial charge in [-0.25, -0.2) is 0 Å². The largest absolute Gasteiger partial charge is 0.494 e. The van der Waals surface area contributed by atoms with Gasteiger partial charge in [0.05, 0.1) is 17.2 Å². The predicted molar refractivity (Wildman–Crippen MR) is 138 cm³/mol. The first kappa shape index (κ1) is 24.6. The van der Waals surface area contributed by atoms with Crippen LogP contribution in [-0.4, -0.2) is 28.5 Å². The van der Waals surface area contributed by atoms with E-state index in [1.54, 1.807) is 60.7 Å². The summed E-state index contributed by atoms with van der Waals surface area (Å²) >= 11 is 5.25. The molecular formula is C26H21N3O6S. The van der Waals surface area contributed by atoms with E-state index in [-0.39, 0.29) is 23.0 Å². The van der Waals surface area contributed by atoms with Crippen molar-refractivity contribution in [3.8, 4) is 11.5 Å². The highest BCUT2D eigenvalue weighted by Gasteiger charge is 2.34. The molecule has 0 unspecified atom stereocenters. The Hall–Kier alpha value is -4.57. The molecule has 1 aliphatic rings. The number of hydrogen-bond donors (Lipinski definition) is 1. The van der Waals surface area contributed by atoms with Gasteiger partial charge < -0.3 is 9.47 Å². The number of anilines is 1. The summed E-state index contributed by atoms with van der Waals surface area (Å²) in [6.07, 6.45) is 1.49. The lowest BCUT2D eigenvalue weighted by molar-refractivity contribution is -0.384. The molecule has 1 saturated heterocycles. The molecule has 2 amide bonds. The molecule has 1 aliphatic heterocycles. The van der Waals surface area contributed by atoms with Crippen molar-refractivity contribution >= 4 is 46.6 Å². The molecule has 3 aromatic rings. The second kappa shape index (κ2) is 10.8. The van der Waals surface area contributed by atoms with Crippen molar-refractivity contribution in [1.29, 1.82) is 0 Å². The van der Waals surface area contributed by atoms with E-state index in [0.717, 1.165) is 5.56 Å². The number of benzene rings is 3. The van der Waals surface area contributed by atoms with Crippen molar-refractivity contribution < 1.29 is 24.0 Å². The molecule has 0 atom stereocenters. The normalized spacial score (nSPS) is 14.5. The third-order valence-electron chi connectivity index (χ3n) is 5.23. The molecule has 10 heteroatoms. The lowest BCUT2D eigenvalue weighted by Crippen LogP contribution is -2.54. The van der Waals surface area contributed by atoms with Gasteiger partial charge in [0.25, 0.3) is 17.5 Å². The Morgan fingerprint density at radius 1 is 1.00 bits per heavy atom. The minimum absolute atomic E-state index is 0.00853. The minimum atomic E-state index is -0.583. The van der Waals surface area contributed by atoms with Crippen LogP contribution in [0, 0.1) is 10.1 Å². The number of non-ortho nitro benzene ring substituents is 1. The lowest BCUT2D eigenvalue weighted by Gasteiger charge is -2.29. The van der Waals surface area contributed by atoms with Gasteiger partial charge in [0.1, 0.15) is 23.7 Å². The van der Waals surface area contributed by atoms with E-state index in [4.69, 9.17) is 21.7 Å². The minimum Gasteiger partial charge on any atom is -0.494 e. The SMILES string of the molecule is CCOc1cccc(N2C(=O)/C(=C/c3ccc(OCc4ccc([N+](=O)[O-])cc4)cc3)C(=O)NC2=S)c1. The number of hydrogen-bond acceptors (Lipinski definition) is 7. The number of nitrogens with one attached hydrogen (secondary N) is 1. The van der Waals surface area contributed by atoms with Crippen LogP contribution in [-0.2, 0) is 16.2 Å². The zero-order valence-corrected chi connectivity index (χ0v) is 20.0. The number of rotatable bonds is 8. The Morgan fingerprint density at radius 3 is 2.39 bits per heavy atom. The molecular weight excluding hydrogens is 482 g/mol. The van der Waals surface area contributed by atoms with Crippen LogP contribution in [0.5, 0.6) is 11.5 Å². The Bertz CT molecular complexity index is 1350. The van der Waals surface area contributed by atoms with Crippen LogP contribution >= 0.6 is 12.2 Å². The summed E-state index contributed by atoms with van der Waals surface area (Å²) in [5.74, 6) is 0.0134. The molecule has 1 heterocycles. The molecule has 0 bridgehead atoms. The second-order valence-corrected chi connectivity index (χ2v) is 8.06. The average molecular weight is 504 g/mol. The molecule has 36 heavy (non-hydrogen) atoms. The van der Waals surface area contributed by atoms with E-state index in [1.807, 2.05) is 6.92 Å². The van der Waals surface area contributed by atoms with Crippen molar-refractivity contribution in [2.75, 3.05) is 11.5 Å². The quantitative estimate of drug-likeness (QED) is 0.159. The number of thiocarbonyl (C=S) groups is 1. The van der Waals surface area contributed by atoms with Crippen LogP contribution in [0.25, 0.3) is 6.08 Å². The van der Waals surface area contributed by atoms with Crippen LogP contribution in [0.15, 0.2) is 78.4 Å². The number of carbonyl (C=O) groups is 2. The van der Waals surface area contributed by atoms with Crippen LogP contribution in [0.2, 0.25) is 0 Å². The molecule has 182 valence electrons. The fraction of sp³-hybridized carbons (Fsp3) is 0.115. The number of amides is 2. The second-order valence-electron chi connectivity index (χ2n) is 7.67. The number of ether oxygens (including phenoxy) is 2. The van der Waals surface area contributed by atoms with Crippen molar-refractivity contribution in [2.24, 2.45) is 0 Å². The van der Waals surface area contributed by atoms with E-state index >= 15 is 0 Å². The summed E-state index contributed by atoms with van der Waals surface area (Å²) in [6.45, 7) is 2.56.